The lowest BCUT2D eigenvalue weighted by molar-refractivity contribution is 0.0947. The van der Waals surface area contributed by atoms with Crippen LogP contribution < -0.4 is 10.1 Å². The first-order valence-corrected chi connectivity index (χ1v) is 7.42. The minimum atomic E-state index is -0.440. The largest absolute Gasteiger partial charge is 0.490 e. The van der Waals surface area contributed by atoms with Gasteiger partial charge in [-0.2, -0.15) is 0 Å². The predicted octanol–water partition coefficient (Wildman–Crippen LogP) is 4.59. The van der Waals surface area contributed by atoms with Crippen molar-refractivity contribution in [3.05, 3.63) is 62.8 Å². The summed E-state index contributed by atoms with van der Waals surface area (Å²) in [6.45, 7) is 0.450. The zero-order valence-corrected chi connectivity index (χ0v) is 13.5. The van der Waals surface area contributed by atoms with Crippen molar-refractivity contribution in [3.8, 4) is 5.75 Å². The van der Waals surface area contributed by atoms with Crippen molar-refractivity contribution < 1.29 is 13.9 Å². The summed E-state index contributed by atoms with van der Waals surface area (Å²) in [7, 11) is 0. The molecule has 1 amide bonds. The van der Waals surface area contributed by atoms with Gasteiger partial charge in [-0.05, 0) is 36.4 Å². The molecule has 0 saturated heterocycles. The Morgan fingerprint density at radius 3 is 2.50 bits per heavy atom. The van der Waals surface area contributed by atoms with E-state index in [9.17, 15) is 9.18 Å². The van der Waals surface area contributed by atoms with Crippen molar-refractivity contribution in [2.24, 2.45) is 0 Å². The summed E-state index contributed by atoms with van der Waals surface area (Å²) < 4.78 is 18.2. The Hall–Kier alpha value is -1.49. The van der Waals surface area contributed by atoms with E-state index in [4.69, 9.17) is 39.5 Å². The molecule has 2 rings (SSSR count). The number of carbonyl (C=O) groups excluding carboxylic acids is 1. The van der Waals surface area contributed by atoms with E-state index in [2.05, 4.69) is 5.32 Å². The number of rotatable bonds is 5. The molecule has 0 atom stereocenters. The van der Waals surface area contributed by atoms with E-state index in [1.54, 1.807) is 12.1 Å². The second kappa shape index (κ2) is 7.68. The van der Waals surface area contributed by atoms with Gasteiger partial charge in [0.1, 0.15) is 18.2 Å². The summed E-state index contributed by atoms with van der Waals surface area (Å²) in [5, 5.41) is 3.53. The molecule has 22 heavy (non-hydrogen) atoms. The summed E-state index contributed by atoms with van der Waals surface area (Å²) in [5.41, 5.74) is 0.397. The van der Waals surface area contributed by atoms with Gasteiger partial charge in [0.25, 0.3) is 5.91 Å². The fourth-order valence-corrected chi connectivity index (χ4v) is 2.18. The smallest absolute Gasteiger partial charge is 0.251 e. The molecule has 3 nitrogen and oxygen atoms in total. The van der Waals surface area contributed by atoms with Crippen molar-refractivity contribution in [2.45, 2.75) is 0 Å². The predicted molar refractivity (Wildman–Crippen MR) is 85.7 cm³/mol. The van der Waals surface area contributed by atoms with Crippen LogP contribution in [0.1, 0.15) is 10.4 Å². The number of amides is 1. The molecule has 0 aliphatic heterocycles. The summed E-state index contributed by atoms with van der Waals surface area (Å²) in [5.74, 6) is -0.385. The molecule has 1 N–H and O–H groups in total. The van der Waals surface area contributed by atoms with E-state index in [1.165, 1.54) is 18.2 Å². The van der Waals surface area contributed by atoms with Crippen LogP contribution in [0.3, 0.4) is 0 Å². The van der Waals surface area contributed by atoms with Gasteiger partial charge in [-0.3, -0.25) is 4.79 Å². The van der Waals surface area contributed by atoms with Crippen molar-refractivity contribution in [1.29, 1.82) is 0 Å². The minimum absolute atomic E-state index is 0.177. The molecule has 0 unspecified atom stereocenters. The first-order valence-electron chi connectivity index (χ1n) is 6.28. The van der Waals surface area contributed by atoms with Gasteiger partial charge in [0.2, 0.25) is 0 Å². The zero-order valence-electron chi connectivity index (χ0n) is 11.2. The van der Waals surface area contributed by atoms with Crippen LogP contribution in [0.4, 0.5) is 4.39 Å². The van der Waals surface area contributed by atoms with Crippen LogP contribution in [0.25, 0.3) is 0 Å². The Labute approximate surface area is 141 Å². The molecular formula is C15H11Cl3FNO2. The molecular weight excluding hydrogens is 352 g/mol. The van der Waals surface area contributed by atoms with E-state index < -0.39 is 5.82 Å². The fourth-order valence-electron chi connectivity index (χ4n) is 1.66. The van der Waals surface area contributed by atoms with Gasteiger partial charge in [-0.1, -0.05) is 34.8 Å². The SMILES string of the molecule is O=C(NCCOc1ccc(F)cc1Cl)c1ccc(Cl)c(Cl)c1. The highest BCUT2D eigenvalue weighted by atomic mass is 35.5. The summed E-state index contributed by atoms with van der Waals surface area (Å²) in [4.78, 5) is 11.9. The molecule has 7 heteroatoms. The lowest BCUT2D eigenvalue weighted by Gasteiger charge is -2.09. The van der Waals surface area contributed by atoms with Gasteiger partial charge in [0.15, 0.2) is 0 Å². The Morgan fingerprint density at radius 1 is 1.05 bits per heavy atom. The number of hydrogen-bond donors (Lipinski definition) is 1. The fraction of sp³-hybridized carbons (Fsp3) is 0.133. The van der Waals surface area contributed by atoms with Crippen LogP contribution in [0, 0.1) is 5.82 Å². The lowest BCUT2D eigenvalue weighted by Crippen LogP contribution is -2.28. The normalized spacial score (nSPS) is 10.4. The van der Waals surface area contributed by atoms with Crippen LogP contribution >= 0.6 is 34.8 Å². The number of nitrogens with one attached hydrogen (secondary N) is 1. The Balaban J connectivity index is 1.83. The van der Waals surface area contributed by atoms with Crippen molar-refractivity contribution in [1.82, 2.24) is 5.32 Å². The second-order valence-electron chi connectivity index (χ2n) is 4.31. The molecule has 0 aliphatic carbocycles. The summed E-state index contributed by atoms with van der Waals surface area (Å²) >= 11 is 17.5. The topological polar surface area (TPSA) is 38.3 Å². The Kier molecular flexibility index (Phi) is 5.89. The van der Waals surface area contributed by atoms with Crippen LogP contribution in [0.2, 0.25) is 15.1 Å². The molecule has 0 fully saturated rings. The summed E-state index contributed by atoms with van der Waals surface area (Å²) in [6.07, 6.45) is 0. The molecule has 2 aromatic rings. The average molecular weight is 363 g/mol. The van der Waals surface area contributed by atoms with Gasteiger partial charge in [0, 0.05) is 5.56 Å². The molecule has 2 aromatic carbocycles. The highest BCUT2D eigenvalue weighted by molar-refractivity contribution is 6.42. The van der Waals surface area contributed by atoms with Gasteiger partial charge in [0.05, 0.1) is 21.6 Å². The number of benzene rings is 2. The monoisotopic (exact) mass is 361 g/mol. The van der Waals surface area contributed by atoms with Crippen LogP contribution in [0.5, 0.6) is 5.75 Å². The number of halogens is 4. The maximum atomic E-state index is 12.9. The molecule has 0 heterocycles. The van der Waals surface area contributed by atoms with E-state index in [0.717, 1.165) is 6.07 Å². The first kappa shape index (κ1) is 16.9. The van der Waals surface area contributed by atoms with Crippen LogP contribution in [-0.2, 0) is 0 Å². The summed E-state index contributed by atoms with van der Waals surface area (Å²) in [6, 6.07) is 8.44. The average Bonchev–Trinajstić information content (AvgIpc) is 2.48. The van der Waals surface area contributed by atoms with Crippen LogP contribution in [-0.4, -0.2) is 19.1 Å². The molecule has 0 saturated carbocycles. The Morgan fingerprint density at radius 2 is 1.82 bits per heavy atom. The molecule has 0 radical (unpaired) electrons. The maximum absolute atomic E-state index is 12.9. The van der Waals surface area contributed by atoms with Gasteiger partial charge >= 0.3 is 0 Å². The minimum Gasteiger partial charge on any atom is -0.490 e. The van der Waals surface area contributed by atoms with Gasteiger partial charge < -0.3 is 10.1 Å². The lowest BCUT2D eigenvalue weighted by atomic mass is 10.2. The highest BCUT2D eigenvalue weighted by Crippen LogP contribution is 2.24. The first-order chi connectivity index (χ1) is 10.5. The van der Waals surface area contributed by atoms with Crippen molar-refractivity contribution in [2.75, 3.05) is 13.2 Å². The van der Waals surface area contributed by atoms with Crippen molar-refractivity contribution >= 4 is 40.7 Å². The number of ether oxygens (including phenoxy) is 1. The number of hydrogen-bond acceptors (Lipinski definition) is 2. The molecule has 0 aromatic heterocycles. The van der Waals surface area contributed by atoms with Gasteiger partial charge in [-0.25, -0.2) is 4.39 Å². The third-order valence-corrected chi connectivity index (χ3v) is 3.76. The Bertz CT molecular complexity index is 694. The van der Waals surface area contributed by atoms with E-state index in [1.807, 2.05) is 0 Å². The molecule has 116 valence electrons. The number of carbonyl (C=O) groups is 1. The van der Waals surface area contributed by atoms with Crippen LogP contribution in [0.15, 0.2) is 36.4 Å². The van der Waals surface area contributed by atoms with E-state index >= 15 is 0 Å². The zero-order chi connectivity index (χ0) is 16.1. The van der Waals surface area contributed by atoms with Gasteiger partial charge in [-0.15, -0.1) is 0 Å². The maximum Gasteiger partial charge on any atom is 0.251 e. The van der Waals surface area contributed by atoms with E-state index in [0.29, 0.717) is 21.4 Å². The third kappa shape index (κ3) is 4.50. The van der Waals surface area contributed by atoms with Crippen molar-refractivity contribution in [3.63, 3.8) is 0 Å². The molecule has 0 aliphatic rings. The van der Waals surface area contributed by atoms with E-state index in [-0.39, 0.29) is 24.1 Å². The highest BCUT2D eigenvalue weighted by Gasteiger charge is 2.08. The third-order valence-electron chi connectivity index (χ3n) is 2.72. The standard InChI is InChI=1S/C15H11Cl3FNO2/c16-11-3-1-9(7-12(11)17)15(21)20-5-6-22-14-4-2-10(19)8-13(14)18/h1-4,7-8H,5-6H2,(H,20,21). The molecule has 0 spiro atoms. The second-order valence-corrected chi connectivity index (χ2v) is 5.53. The quantitative estimate of drug-likeness (QED) is 0.790. The molecule has 0 bridgehead atoms.